The van der Waals surface area contributed by atoms with Crippen molar-refractivity contribution in [3.05, 3.63) is 71.8 Å². The van der Waals surface area contributed by atoms with Gasteiger partial charge in [0.1, 0.15) is 5.60 Å². The van der Waals surface area contributed by atoms with Crippen LogP contribution in [0.15, 0.2) is 60.7 Å². The number of benzene rings is 2. The van der Waals surface area contributed by atoms with E-state index in [4.69, 9.17) is 4.74 Å². The summed E-state index contributed by atoms with van der Waals surface area (Å²) in [7, 11) is 0. The van der Waals surface area contributed by atoms with Crippen molar-refractivity contribution in [1.82, 2.24) is 0 Å². The molecule has 0 amide bonds. The highest BCUT2D eigenvalue weighted by molar-refractivity contribution is 5.43. The predicted octanol–water partition coefficient (Wildman–Crippen LogP) is 5.69. The fraction of sp³-hybridized carbons (Fsp3) is 0.455. The Morgan fingerprint density at radius 1 is 0.783 bits per heavy atom. The van der Waals surface area contributed by atoms with Crippen LogP contribution in [0.4, 0.5) is 0 Å². The van der Waals surface area contributed by atoms with Gasteiger partial charge in [-0.05, 0) is 24.0 Å². The number of fused-ring (bicyclic) bond motifs is 1. The van der Waals surface area contributed by atoms with Crippen molar-refractivity contribution < 1.29 is 4.74 Å². The topological polar surface area (TPSA) is 9.23 Å². The number of hydrogen-bond acceptors (Lipinski definition) is 1. The summed E-state index contributed by atoms with van der Waals surface area (Å²) in [5.41, 5.74) is 2.53. The minimum atomic E-state index is -0.280. The Labute approximate surface area is 139 Å². The number of hydrogen-bond donors (Lipinski definition) is 0. The van der Waals surface area contributed by atoms with Gasteiger partial charge in [-0.1, -0.05) is 93.3 Å². The molecule has 23 heavy (non-hydrogen) atoms. The van der Waals surface area contributed by atoms with Gasteiger partial charge < -0.3 is 4.74 Å². The zero-order valence-electron chi connectivity index (χ0n) is 14.0. The summed E-state index contributed by atoms with van der Waals surface area (Å²) in [6.45, 7) is 2.46. The van der Waals surface area contributed by atoms with Crippen LogP contribution in [-0.4, -0.2) is 6.10 Å². The van der Waals surface area contributed by atoms with Crippen molar-refractivity contribution in [2.24, 2.45) is 5.41 Å². The molecular weight excluding hydrogens is 280 g/mol. The summed E-state index contributed by atoms with van der Waals surface area (Å²) < 4.78 is 6.74. The largest absolute Gasteiger partial charge is 0.361 e. The average molecular weight is 306 g/mol. The molecule has 1 saturated carbocycles. The molecule has 2 fully saturated rings. The third-order valence-corrected chi connectivity index (χ3v) is 6.11. The van der Waals surface area contributed by atoms with Crippen LogP contribution in [0.1, 0.15) is 56.6 Å². The molecule has 0 N–H and O–H groups in total. The van der Waals surface area contributed by atoms with Gasteiger partial charge in [0.25, 0.3) is 0 Å². The maximum atomic E-state index is 6.74. The first-order chi connectivity index (χ1) is 11.3. The minimum Gasteiger partial charge on any atom is -0.361 e. The van der Waals surface area contributed by atoms with Crippen molar-refractivity contribution in [3.63, 3.8) is 0 Å². The van der Waals surface area contributed by atoms with Crippen molar-refractivity contribution in [3.8, 4) is 0 Å². The first kappa shape index (κ1) is 15.0. The lowest BCUT2D eigenvalue weighted by Crippen LogP contribution is -2.66. The van der Waals surface area contributed by atoms with Crippen molar-refractivity contribution >= 4 is 0 Å². The van der Waals surface area contributed by atoms with E-state index in [2.05, 4.69) is 67.6 Å². The summed E-state index contributed by atoms with van der Waals surface area (Å²) in [4.78, 5) is 0. The van der Waals surface area contributed by atoms with Gasteiger partial charge in [-0.15, -0.1) is 0 Å². The van der Waals surface area contributed by atoms with Gasteiger partial charge in [0.2, 0.25) is 0 Å². The van der Waals surface area contributed by atoms with Gasteiger partial charge in [0.05, 0.1) is 6.10 Å². The molecule has 1 aliphatic heterocycles. The summed E-state index contributed by atoms with van der Waals surface area (Å²) in [6, 6.07) is 21.7. The van der Waals surface area contributed by atoms with Gasteiger partial charge in [0, 0.05) is 5.41 Å². The van der Waals surface area contributed by atoms with E-state index in [9.17, 15) is 0 Å². The van der Waals surface area contributed by atoms with Crippen LogP contribution >= 0.6 is 0 Å². The van der Waals surface area contributed by atoms with Crippen LogP contribution in [0, 0.1) is 5.41 Å². The molecule has 2 aliphatic rings. The van der Waals surface area contributed by atoms with Crippen LogP contribution in [0.3, 0.4) is 0 Å². The molecule has 2 aromatic carbocycles. The molecule has 0 bridgehead atoms. The standard InChI is InChI=1S/C22H26O/c1-21-17-11-3-2-10-16-20(21)23-22(21,18-12-6-4-7-13-18)19-14-8-5-9-15-19/h4-9,12-15,20H,2-3,10-11,16-17H2,1H3/t20-,21+/m0/s1. The van der Waals surface area contributed by atoms with Gasteiger partial charge >= 0.3 is 0 Å². The van der Waals surface area contributed by atoms with E-state index in [0.29, 0.717) is 6.10 Å². The highest BCUT2D eigenvalue weighted by atomic mass is 16.5. The summed E-state index contributed by atoms with van der Waals surface area (Å²) in [5.74, 6) is 0. The van der Waals surface area contributed by atoms with Gasteiger partial charge in [-0.2, -0.15) is 0 Å². The molecule has 1 nitrogen and oxygen atoms in total. The summed E-state index contributed by atoms with van der Waals surface area (Å²) in [5, 5.41) is 0. The Balaban J connectivity index is 1.85. The highest BCUT2D eigenvalue weighted by Gasteiger charge is 2.65. The van der Waals surface area contributed by atoms with E-state index in [1.807, 2.05) is 0 Å². The van der Waals surface area contributed by atoms with Crippen molar-refractivity contribution in [2.45, 2.75) is 57.2 Å². The van der Waals surface area contributed by atoms with Gasteiger partial charge in [0.15, 0.2) is 0 Å². The molecule has 0 spiro atoms. The number of rotatable bonds is 2. The lowest BCUT2D eigenvalue weighted by Gasteiger charge is -2.64. The molecule has 0 unspecified atom stereocenters. The lowest BCUT2D eigenvalue weighted by atomic mass is 9.55. The Kier molecular flexibility index (Phi) is 3.77. The Morgan fingerprint density at radius 3 is 1.96 bits per heavy atom. The average Bonchev–Trinajstić information content (AvgIpc) is 2.60. The molecule has 0 radical (unpaired) electrons. The highest BCUT2D eigenvalue weighted by Crippen LogP contribution is 2.63. The fourth-order valence-corrected chi connectivity index (χ4v) is 4.84. The smallest absolute Gasteiger partial charge is 0.126 e. The monoisotopic (exact) mass is 306 g/mol. The third kappa shape index (κ3) is 2.17. The van der Waals surface area contributed by atoms with E-state index < -0.39 is 0 Å². The molecule has 1 aliphatic carbocycles. The first-order valence-electron chi connectivity index (χ1n) is 9.06. The van der Waals surface area contributed by atoms with Crippen LogP contribution in [0.2, 0.25) is 0 Å². The van der Waals surface area contributed by atoms with Gasteiger partial charge in [-0.25, -0.2) is 0 Å². The lowest BCUT2D eigenvalue weighted by molar-refractivity contribution is -0.309. The zero-order chi connectivity index (χ0) is 15.8. The Hall–Kier alpha value is -1.60. The van der Waals surface area contributed by atoms with E-state index in [-0.39, 0.29) is 11.0 Å². The molecular formula is C22H26O. The zero-order valence-corrected chi connectivity index (χ0v) is 14.0. The minimum absolute atomic E-state index is 0.191. The van der Waals surface area contributed by atoms with Crippen molar-refractivity contribution in [1.29, 1.82) is 0 Å². The Morgan fingerprint density at radius 2 is 1.35 bits per heavy atom. The number of ether oxygens (including phenoxy) is 1. The molecule has 2 aromatic rings. The molecule has 0 aromatic heterocycles. The molecule has 2 atom stereocenters. The van der Waals surface area contributed by atoms with E-state index in [0.717, 1.165) is 0 Å². The fourth-order valence-electron chi connectivity index (χ4n) is 4.84. The summed E-state index contributed by atoms with van der Waals surface area (Å²) >= 11 is 0. The van der Waals surface area contributed by atoms with Crippen LogP contribution in [-0.2, 0) is 10.3 Å². The summed E-state index contributed by atoms with van der Waals surface area (Å²) in [6.07, 6.45) is 8.20. The second kappa shape index (κ2) is 5.79. The first-order valence-corrected chi connectivity index (χ1v) is 9.06. The van der Waals surface area contributed by atoms with Crippen LogP contribution in [0.25, 0.3) is 0 Å². The predicted molar refractivity (Wildman–Crippen MR) is 94.3 cm³/mol. The normalized spacial score (nSPS) is 29.7. The molecule has 4 rings (SSSR count). The van der Waals surface area contributed by atoms with E-state index in [1.54, 1.807) is 0 Å². The second-order valence-corrected chi connectivity index (χ2v) is 7.39. The molecule has 1 saturated heterocycles. The molecule has 1 heterocycles. The van der Waals surface area contributed by atoms with Gasteiger partial charge in [-0.3, -0.25) is 0 Å². The van der Waals surface area contributed by atoms with Crippen LogP contribution < -0.4 is 0 Å². The second-order valence-electron chi connectivity index (χ2n) is 7.39. The van der Waals surface area contributed by atoms with Crippen LogP contribution in [0.5, 0.6) is 0 Å². The molecule has 120 valence electrons. The van der Waals surface area contributed by atoms with E-state index in [1.165, 1.54) is 49.7 Å². The molecule has 1 heteroatoms. The van der Waals surface area contributed by atoms with E-state index >= 15 is 0 Å². The third-order valence-electron chi connectivity index (χ3n) is 6.11. The van der Waals surface area contributed by atoms with Crippen molar-refractivity contribution in [2.75, 3.05) is 0 Å². The Bertz CT molecular complexity index is 609. The maximum absolute atomic E-state index is 6.74. The SMILES string of the molecule is C[C@@]12CCCCCC[C@@H]1OC2(c1ccccc1)c1ccccc1. The quantitative estimate of drug-likeness (QED) is 0.692. The maximum Gasteiger partial charge on any atom is 0.126 e.